The van der Waals surface area contributed by atoms with Gasteiger partial charge in [0.1, 0.15) is 17.5 Å². The Balaban J connectivity index is 0.000000477. The molecule has 2 saturated carbocycles. The molecule has 2 aliphatic carbocycles. The molecule has 2 fully saturated rings. The molecule has 0 aromatic carbocycles. The van der Waals surface area contributed by atoms with E-state index in [2.05, 4.69) is 11.6 Å². The smallest absolute Gasteiger partial charge is 0.313 e. The number of carbonyl (C=O) groups is 3. The largest absolute Gasteiger partial charge is 0.460 e. The van der Waals surface area contributed by atoms with Crippen LogP contribution in [-0.2, 0) is 28.9 Å². The summed E-state index contributed by atoms with van der Waals surface area (Å²) in [6, 6.07) is 0. The second kappa shape index (κ2) is 10.8. The Morgan fingerprint density at radius 1 is 0.862 bits per heavy atom. The number of rotatable bonds is 6. The van der Waals surface area contributed by atoms with Crippen molar-refractivity contribution >= 4 is 18.2 Å². The SMILES string of the molecule is C=CCC1(C(=O)OC(C)(C)C)CC1.CC(C)(C)OC(=O)C1(CC=O)CC1.OOO. The molecule has 0 saturated heterocycles. The predicted molar refractivity (Wildman–Crippen MR) is 107 cm³/mol. The highest BCUT2D eigenvalue weighted by molar-refractivity contribution is 5.83. The fourth-order valence-corrected chi connectivity index (χ4v) is 2.49. The highest BCUT2D eigenvalue weighted by Crippen LogP contribution is 2.51. The minimum absolute atomic E-state index is 0.0556. The lowest BCUT2D eigenvalue weighted by molar-refractivity contribution is -0.465. The number of allylic oxidation sites excluding steroid dienone is 1. The van der Waals surface area contributed by atoms with Gasteiger partial charge in [0.05, 0.1) is 10.8 Å². The van der Waals surface area contributed by atoms with Gasteiger partial charge in [-0.05, 0) is 73.6 Å². The van der Waals surface area contributed by atoms with Gasteiger partial charge in [0.25, 0.3) is 0 Å². The van der Waals surface area contributed by atoms with Gasteiger partial charge in [-0.15, -0.1) is 6.58 Å². The maximum atomic E-state index is 11.7. The second-order valence-corrected chi connectivity index (χ2v) is 9.51. The first-order valence-corrected chi connectivity index (χ1v) is 9.67. The number of aldehydes is 1. The topological polar surface area (TPSA) is 119 Å². The first-order valence-electron chi connectivity index (χ1n) is 9.67. The van der Waals surface area contributed by atoms with Gasteiger partial charge in [0.15, 0.2) is 0 Å². The summed E-state index contributed by atoms with van der Waals surface area (Å²) in [5, 5.41) is 15.5. The van der Waals surface area contributed by atoms with E-state index >= 15 is 0 Å². The Morgan fingerprint density at radius 3 is 1.38 bits per heavy atom. The molecule has 2 N–H and O–H groups in total. The molecule has 8 nitrogen and oxygen atoms in total. The zero-order valence-electron chi connectivity index (χ0n) is 18.4. The fraction of sp³-hybridized carbons (Fsp3) is 0.762. The van der Waals surface area contributed by atoms with Gasteiger partial charge in [-0.2, -0.15) is 0 Å². The number of carbonyl (C=O) groups excluding carboxylic acids is 3. The van der Waals surface area contributed by atoms with E-state index in [1.165, 1.54) is 0 Å². The van der Waals surface area contributed by atoms with Crippen LogP contribution in [0.3, 0.4) is 0 Å². The van der Waals surface area contributed by atoms with Crippen LogP contribution in [0, 0.1) is 10.8 Å². The Labute approximate surface area is 173 Å². The van der Waals surface area contributed by atoms with Crippen molar-refractivity contribution in [2.75, 3.05) is 0 Å². The molecule has 0 unspecified atom stereocenters. The van der Waals surface area contributed by atoms with Crippen molar-refractivity contribution in [1.29, 1.82) is 0 Å². The summed E-state index contributed by atoms with van der Waals surface area (Å²) in [7, 11) is 0. The average Bonchev–Trinajstić information content (AvgIpc) is 3.42. The van der Waals surface area contributed by atoms with Crippen LogP contribution in [-0.4, -0.2) is 39.9 Å². The predicted octanol–water partition coefficient (Wildman–Crippen LogP) is 4.33. The zero-order chi connectivity index (χ0) is 22.9. The molecule has 0 bridgehead atoms. The van der Waals surface area contributed by atoms with Crippen LogP contribution in [0.4, 0.5) is 0 Å². The molecule has 0 heterocycles. The normalized spacial score (nSPS) is 17.9. The first kappa shape index (κ1) is 27.2. The van der Waals surface area contributed by atoms with Gasteiger partial charge >= 0.3 is 11.9 Å². The summed E-state index contributed by atoms with van der Waals surface area (Å²) in [6.45, 7) is 14.9. The third-order valence-electron chi connectivity index (χ3n) is 4.38. The summed E-state index contributed by atoms with van der Waals surface area (Å²) in [5.41, 5.74) is -1.49. The molecule has 0 aliphatic heterocycles. The maximum absolute atomic E-state index is 11.7. The van der Waals surface area contributed by atoms with Crippen molar-refractivity contribution in [3.8, 4) is 0 Å². The van der Waals surface area contributed by atoms with Gasteiger partial charge < -0.3 is 14.3 Å². The maximum Gasteiger partial charge on any atom is 0.313 e. The molecule has 29 heavy (non-hydrogen) atoms. The van der Waals surface area contributed by atoms with E-state index in [0.29, 0.717) is 6.42 Å². The highest BCUT2D eigenvalue weighted by Gasteiger charge is 2.52. The third kappa shape index (κ3) is 10.5. The molecular weight excluding hydrogens is 380 g/mol. The van der Waals surface area contributed by atoms with Crippen LogP contribution in [0.5, 0.6) is 0 Å². The number of hydrogen-bond donors (Lipinski definition) is 2. The molecule has 0 atom stereocenters. The molecule has 168 valence electrons. The van der Waals surface area contributed by atoms with Gasteiger partial charge in [-0.1, -0.05) is 11.1 Å². The van der Waals surface area contributed by atoms with Crippen LogP contribution >= 0.6 is 0 Å². The highest BCUT2D eigenvalue weighted by atomic mass is 17.4. The Hall–Kier alpha value is -1.77. The quantitative estimate of drug-likeness (QED) is 0.216. The molecule has 0 spiro atoms. The summed E-state index contributed by atoms with van der Waals surface area (Å²) < 4.78 is 10.6. The van der Waals surface area contributed by atoms with Crippen molar-refractivity contribution in [2.45, 2.75) is 91.3 Å². The molecule has 0 radical (unpaired) electrons. The van der Waals surface area contributed by atoms with Crippen LogP contribution < -0.4 is 0 Å². The van der Waals surface area contributed by atoms with E-state index in [-0.39, 0.29) is 23.0 Å². The van der Waals surface area contributed by atoms with Crippen molar-refractivity contribution < 1.29 is 39.4 Å². The monoisotopic (exact) mass is 416 g/mol. The van der Waals surface area contributed by atoms with Gasteiger partial charge in [-0.25, -0.2) is 10.5 Å². The molecule has 8 heteroatoms. The summed E-state index contributed by atoms with van der Waals surface area (Å²) >= 11 is 0. The molecule has 2 rings (SSSR count). The van der Waals surface area contributed by atoms with Gasteiger partial charge in [-0.3, -0.25) is 9.59 Å². The van der Waals surface area contributed by atoms with E-state index in [1.807, 2.05) is 41.5 Å². The second-order valence-electron chi connectivity index (χ2n) is 9.51. The van der Waals surface area contributed by atoms with Crippen LogP contribution in [0.15, 0.2) is 12.7 Å². The number of hydrogen-bond acceptors (Lipinski definition) is 8. The summed E-state index contributed by atoms with van der Waals surface area (Å²) in [5.74, 6) is -0.271. The van der Waals surface area contributed by atoms with E-state index in [4.69, 9.17) is 20.0 Å². The van der Waals surface area contributed by atoms with Crippen molar-refractivity contribution in [1.82, 2.24) is 0 Å². The molecule has 2 aliphatic rings. The summed E-state index contributed by atoms with van der Waals surface area (Å²) in [4.78, 5) is 33.5. The lowest BCUT2D eigenvalue weighted by atomic mass is 10.0. The fourth-order valence-electron chi connectivity index (χ4n) is 2.49. The minimum Gasteiger partial charge on any atom is -0.460 e. The van der Waals surface area contributed by atoms with Gasteiger partial charge in [0.2, 0.25) is 0 Å². The number of esters is 2. The molecular formula is C21H36O8. The summed E-state index contributed by atoms with van der Waals surface area (Å²) in [6.07, 6.45) is 7.15. The van der Waals surface area contributed by atoms with Crippen molar-refractivity contribution in [3.63, 3.8) is 0 Å². The lowest BCUT2D eigenvalue weighted by Crippen LogP contribution is -2.29. The number of ether oxygens (including phenoxy) is 2. The molecule has 0 amide bonds. The Bertz CT molecular complexity index is 510. The molecule has 0 aromatic rings. The van der Waals surface area contributed by atoms with E-state index < -0.39 is 11.0 Å². The zero-order valence-corrected chi connectivity index (χ0v) is 18.4. The Kier molecular flexibility index (Phi) is 10.2. The van der Waals surface area contributed by atoms with Crippen LogP contribution in [0.25, 0.3) is 0 Å². The molecule has 0 aromatic heterocycles. The van der Waals surface area contributed by atoms with Crippen LogP contribution in [0.1, 0.15) is 80.1 Å². The van der Waals surface area contributed by atoms with E-state index in [0.717, 1.165) is 38.4 Å². The van der Waals surface area contributed by atoms with Crippen LogP contribution in [0.2, 0.25) is 0 Å². The van der Waals surface area contributed by atoms with E-state index in [9.17, 15) is 14.4 Å². The van der Waals surface area contributed by atoms with E-state index in [1.54, 1.807) is 6.08 Å². The first-order chi connectivity index (χ1) is 13.2. The lowest BCUT2D eigenvalue weighted by Gasteiger charge is -2.23. The third-order valence-corrected chi connectivity index (χ3v) is 4.38. The van der Waals surface area contributed by atoms with Gasteiger partial charge in [0, 0.05) is 6.42 Å². The van der Waals surface area contributed by atoms with Crippen molar-refractivity contribution in [3.05, 3.63) is 12.7 Å². The minimum atomic E-state index is -0.463. The standard InChI is InChI=1S/C11H18O2.C10H16O3.H2O3/c1-5-6-11(7-8-11)9(12)13-10(2,3)4;1-9(2,3)13-8(12)10(4-5-10)6-7-11;1-3-2/h5H,1,6-8H2,2-4H3;7H,4-6H2,1-3H3;1-2H. The average molecular weight is 417 g/mol. The van der Waals surface area contributed by atoms with Crippen molar-refractivity contribution in [2.24, 2.45) is 10.8 Å². The Morgan fingerprint density at radius 2 is 1.17 bits per heavy atom.